The van der Waals surface area contributed by atoms with Crippen molar-refractivity contribution in [2.75, 3.05) is 13.2 Å². The topological polar surface area (TPSA) is 49.5 Å². The molecule has 1 aliphatic carbocycles. The van der Waals surface area contributed by atoms with E-state index in [1.54, 1.807) is 0 Å². The maximum atomic E-state index is 8.91. The summed E-state index contributed by atoms with van der Waals surface area (Å²) in [6.07, 6.45) is 6.24. The molecule has 1 saturated carbocycles. The van der Waals surface area contributed by atoms with Gasteiger partial charge in [0.15, 0.2) is 6.39 Å². The highest BCUT2D eigenvalue weighted by Gasteiger charge is 2.25. The molecule has 2 rings (SSSR count). The normalized spacial score (nSPS) is 16.7. The number of aryl methyl sites for hydroxylation is 1. The predicted molar refractivity (Wildman–Crippen MR) is 61.0 cm³/mol. The summed E-state index contributed by atoms with van der Waals surface area (Å²) < 4.78 is 5.21. The van der Waals surface area contributed by atoms with E-state index in [9.17, 15) is 0 Å². The van der Waals surface area contributed by atoms with Gasteiger partial charge in [0.1, 0.15) is 5.76 Å². The molecule has 1 aliphatic rings. The van der Waals surface area contributed by atoms with Crippen LogP contribution in [-0.4, -0.2) is 34.2 Å². The number of hydrogen-bond donors (Lipinski definition) is 1. The van der Waals surface area contributed by atoms with E-state index in [1.165, 1.54) is 25.7 Å². The van der Waals surface area contributed by atoms with Crippen molar-refractivity contribution >= 4 is 0 Å². The van der Waals surface area contributed by atoms with Crippen molar-refractivity contribution in [2.24, 2.45) is 0 Å². The SMILES string of the molecule is Cc1ocnc1CN(CCCO)C1CCC1. The third-order valence-electron chi connectivity index (χ3n) is 3.39. The first-order valence-electron chi connectivity index (χ1n) is 6.05. The zero-order chi connectivity index (χ0) is 11.4. The molecular weight excluding hydrogens is 204 g/mol. The van der Waals surface area contributed by atoms with Crippen LogP contribution in [0.3, 0.4) is 0 Å². The molecule has 0 bridgehead atoms. The molecule has 0 aliphatic heterocycles. The lowest BCUT2D eigenvalue weighted by atomic mass is 9.91. The maximum Gasteiger partial charge on any atom is 0.181 e. The summed E-state index contributed by atoms with van der Waals surface area (Å²) >= 11 is 0. The van der Waals surface area contributed by atoms with Gasteiger partial charge in [-0.05, 0) is 26.2 Å². The molecule has 4 heteroatoms. The zero-order valence-corrected chi connectivity index (χ0v) is 9.85. The van der Waals surface area contributed by atoms with Crippen LogP contribution < -0.4 is 0 Å². The lowest BCUT2D eigenvalue weighted by molar-refractivity contribution is 0.108. The summed E-state index contributed by atoms with van der Waals surface area (Å²) in [5.41, 5.74) is 1.03. The lowest BCUT2D eigenvalue weighted by Gasteiger charge is -2.37. The molecule has 0 amide bonds. The minimum Gasteiger partial charge on any atom is -0.448 e. The first kappa shape index (κ1) is 11.6. The number of aliphatic hydroxyl groups is 1. The van der Waals surface area contributed by atoms with Gasteiger partial charge in [0.2, 0.25) is 0 Å². The van der Waals surface area contributed by atoms with Gasteiger partial charge >= 0.3 is 0 Å². The van der Waals surface area contributed by atoms with Crippen LogP contribution in [0, 0.1) is 6.92 Å². The molecule has 16 heavy (non-hydrogen) atoms. The van der Waals surface area contributed by atoms with Crippen molar-refractivity contribution in [2.45, 2.75) is 45.2 Å². The number of nitrogens with zero attached hydrogens (tertiary/aromatic N) is 2. The fourth-order valence-corrected chi connectivity index (χ4v) is 2.09. The molecule has 0 radical (unpaired) electrons. The summed E-state index contributed by atoms with van der Waals surface area (Å²) in [4.78, 5) is 6.65. The van der Waals surface area contributed by atoms with Crippen LogP contribution in [0.2, 0.25) is 0 Å². The molecule has 4 nitrogen and oxygen atoms in total. The molecule has 90 valence electrons. The van der Waals surface area contributed by atoms with Crippen LogP contribution in [0.4, 0.5) is 0 Å². The molecule has 1 fully saturated rings. The summed E-state index contributed by atoms with van der Waals surface area (Å²) in [6, 6.07) is 0.683. The van der Waals surface area contributed by atoms with Crippen LogP contribution in [0.1, 0.15) is 37.1 Å². The largest absolute Gasteiger partial charge is 0.448 e. The van der Waals surface area contributed by atoms with Gasteiger partial charge in [-0.1, -0.05) is 6.42 Å². The van der Waals surface area contributed by atoms with Crippen LogP contribution in [0.5, 0.6) is 0 Å². The summed E-state index contributed by atoms with van der Waals surface area (Å²) in [7, 11) is 0. The maximum absolute atomic E-state index is 8.91. The first-order chi connectivity index (χ1) is 7.81. The van der Waals surface area contributed by atoms with Gasteiger partial charge in [0.25, 0.3) is 0 Å². The Hall–Kier alpha value is -0.870. The Morgan fingerprint density at radius 2 is 2.38 bits per heavy atom. The Bertz CT molecular complexity index is 321. The lowest BCUT2D eigenvalue weighted by Crippen LogP contribution is -2.40. The smallest absolute Gasteiger partial charge is 0.181 e. The molecule has 1 N–H and O–H groups in total. The number of aliphatic hydroxyl groups excluding tert-OH is 1. The highest BCUT2D eigenvalue weighted by Crippen LogP contribution is 2.26. The molecular formula is C12H20N2O2. The molecule has 0 aromatic carbocycles. The van der Waals surface area contributed by atoms with Gasteiger partial charge in [-0.3, -0.25) is 4.90 Å². The number of rotatable bonds is 6. The molecule has 0 saturated heterocycles. The van der Waals surface area contributed by atoms with Gasteiger partial charge < -0.3 is 9.52 Å². The Balaban J connectivity index is 1.93. The number of oxazole rings is 1. The van der Waals surface area contributed by atoms with Gasteiger partial charge in [-0.15, -0.1) is 0 Å². The highest BCUT2D eigenvalue weighted by molar-refractivity contribution is 5.05. The minimum atomic E-state index is 0.265. The Morgan fingerprint density at radius 3 is 2.88 bits per heavy atom. The third kappa shape index (κ3) is 2.62. The average Bonchev–Trinajstić information content (AvgIpc) is 2.58. The second-order valence-corrected chi connectivity index (χ2v) is 4.49. The molecule has 0 spiro atoms. The van der Waals surface area contributed by atoms with E-state index in [4.69, 9.17) is 9.52 Å². The Morgan fingerprint density at radius 1 is 1.56 bits per heavy atom. The van der Waals surface area contributed by atoms with E-state index in [2.05, 4.69) is 9.88 Å². The average molecular weight is 224 g/mol. The van der Waals surface area contributed by atoms with Crippen molar-refractivity contribution < 1.29 is 9.52 Å². The number of aromatic nitrogens is 1. The molecule has 1 heterocycles. The first-order valence-corrected chi connectivity index (χ1v) is 6.05. The predicted octanol–water partition coefficient (Wildman–Crippen LogP) is 1.72. The van der Waals surface area contributed by atoms with Crippen molar-refractivity contribution in [3.05, 3.63) is 17.8 Å². The number of hydrogen-bond acceptors (Lipinski definition) is 4. The quantitative estimate of drug-likeness (QED) is 0.799. The molecule has 1 aromatic rings. The van der Waals surface area contributed by atoms with Gasteiger partial charge in [0.05, 0.1) is 5.69 Å². The van der Waals surface area contributed by atoms with E-state index >= 15 is 0 Å². The van der Waals surface area contributed by atoms with Crippen molar-refractivity contribution in [3.8, 4) is 0 Å². The van der Waals surface area contributed by atoms with E-state index in [0.717, 1.165) is 31.0 Å². The van der Waals surface area contributed by atoms with Gasteiger partial charge in [0, 0.05) is 25.7 Å². The van der Waals surface area contributed by atoms with E-state index in [1.807, 2.05) is 6.92 Å². The standard InChI is InChI=1S/C12H20N2O2/c1-10-12(13-9-16-10)8-14(6-3-7-15)11-4-2-5-11/h9,11,15H,2-8H2,1H3. The summed E-state index contributed by atoms with van der Waals surface area (Å²) in [6.45, 7) is 4.02. The highest BCUT2D eigenvalue weighted by atomic mass is 16.3. The summed E-state index contributed by atoms with van der Waals surface area (Å²) in [5.74, 6) is 0.910. The summed E-state index contributed by atoms with van der Waals surface area (Å²) in [5, 5.41) is 8.91. The van der Waals surface area contributed by atoms with Crippen LogP contribution in [-0.2, 0) is 6.54 Å². The third-order valence-corrected chi connectivity index (χ3v) is 3.39. The van der Waals surface area contributed by atoms with E-state index in [-0.39, 0.29) is 6.61 Å². The minimum absolute atomic E-state index is 0.265. The van der Waals surface area contributed by atoms with Gasteiger partial charge in [-0.2, -0.15) is 0 Å². The van der Waals surface area contributed by atoms with Crippen LogP contribution in [0.15, 0.2) is 10.8 Å². The van der Waals surface area contributed by atoms with E-state index < -0.39 is 0 Å². The van der Waals surface area contributed by atoms with Gasteiger partial charge in [-0.25, -0.2) is 4.98 Å². The fraction of sp³-hybridized carbons (Fsp3) is 0.750. The zero-order valence-electron chi connectivity index (χ0n) is 9.85. The van der Waals surface area contributed by atoms with Crippen LogP contribution in [0.25, 0.3) is 0 Å². The fourth-order valence-electron chi connectivity index (χ4n) is 2.09. The Kier molecular flexibility index (Phi) is 3.96. The molecule has 1 aromatic heterocycles. The van der Waals surface area contributed by atoms with Crippen LogP contribution >= 0.6 is 0 Å². The van der Waals surface area contributed by atoms with Crippen molar-refractivity contribution in [3.63, 3.8) is 0 Å². The van der Waals surface area contributed by atoms with Crippen molar-refractivity contribution in [1.82, 2.24) is 9.88 Å². The van der Waals surface area contributed by atoms with E-state index in [0.29, 0.717) is 6.04 Å². The molecule has 0 unspecified atom stereocenters. The second kappa shape index (κ2) is 5.46. The van der Waals surface area contributed by atoms with Crippen molar-refractivity contribution in [1.29, 1.82) is 0 Å². The monoisotopic (exact) mass is 224 g/mol. The molecule has 0 atom stereocenters. The Labute approximate surface area is 96.3 Å². The second-order valence-electron chi connectivity index (χ2n) is 4.49.